The van der Waals surface area contributed by atoms with Crippen molar-refractivity contribution in [2.24, 2.45) is 0 Å². The molecule has 26 heavy (non-hydrogen) atoms. The van der Waals surface area contributed by atoms with E-state index in [1.165, 1.54) is 24.0 Å². The van der Waals surface area contributed by atoms with Crippen molar-refractivity contribution in [2.45, 2.75) is 0 Å². The predicted octanol–water partition coefficient (Wildman–Crippen LogP) is 0.436. The third kappa shape index (κ3) is 2.97. The van der Waals surface area contributed by atoms with Crippen LogP contribution >= 0.6 is 0 Å². The minimum atomic E-state index is -0.681. The van der Waals surface area contributed by atoms with Crippen LogP contribution in [-0.4, -0.2) is 59.1 Å². The van der Waals surface area contributed by atoms with Gasteiger partial charge in [0.05, 0.1) is 32.1 Å². The molecule has 1 amide bonds. The van der Waals surface area contributed by atoms with Gasteiger partial charge in [-0.3, -0.25) is 4.79 Å². The van der Waals surface area contributed by atoms with Crippen LogP contribution < -0.4 is 14.5 Å². The molecule has 0 atom stereocenters. The van der Waals surface area contributed by atoms with E-state index in [1.54, 1.807) is 25.2 Å². The number of likely N-dealkylation sites (N-methyl/N-ethyl adjacent to an activating group) is 1. The van der Waals surface area contributed by atoms with Gasteiger partial charge in [-0.15, -0.1) is 0 Å². The summed E-state index contributed by atoms with van der Waals surface area (Å²) in [7, 11) is 4.11. The summed E-state index contributed by atoms with van der Waals surface area (Å²) in [6, 6.07) is 5.07. The molecular weight excluding hydrogens is 344 g/mol. The molecule has 0 saturated heterocycles. The van der Waals surface area contributed by atoms with Crippen LogP contribution in [0.4, 0.5) is 11.4 Å². The van der Waals surface area contributed by atoms with Gasteiger partial charge in [0.1, 0.15) is 18.2 Å². The van der Waals surface area contributed by atoms with Crippen LogP contribution in [0.2, 0.25) is 0 Å². The number of fused-ring (bicyclic) bond motifs is 1. The Labute approximate surface area is 149 Å². The summed E-state index contributed by atoms with van der Waals surface area (Å²) in [4.78, 5) is 39.0. The first-order valence-electron chi connectivity index (χ1n) is 7.76. The van der Waals surface area contributed by atoms with E-state index in [9.17, 15) is 14.4 Å². The van der Waals surface area contributed by atoms with Gasteiger partial charge in [0.25, 0.3) is 5.91 Å². The van der Waals surface area contributed by atoms with Gasteiger partial charge in [0, 0.05) is 18.8 Å². The lowest BCUT2D eigenvalue weighted by Crippen LogP contribution is -2.39. The first kappa shape index (κ1) is 17.7. The highest BCUT2D eigenvalue weighted by Gasteiger charge is 2.33. The summed E-state index contributed by atoms with van der Waals surface area (Å²) < 4.78 is 20.5. The van der Waals surface area contributed by atoms with Crippen molar-refractivity contribution in [1.82, 2.24) is 0 Å². The second-order valence-electron chi connectivity index (χ2n) is 5.61. The number of nitrogens with zero attached hydrogens (tertiary/aromatic N) is 2. The zero-order chi connectivity index (χ0) is 18.8. The zero-order valence-electron chi connectivity index (χ0n) is 14.6. The summed E-state index contributed by atoms with van der Waals surface area (Å²) in [5.41, 5.74) is 1.27. The Hall–Kier alpha value is -3.07. The normalized spacial score (nSPS) is 16.8. The molecule has 0 radical (unpaired) electrons. The van der Waals surface area contributed by atoms with Gasteiger partial charge in [-0.1, -0.05) is 0 Å². The van der Waals surface area contributed by atoms with Gasteiger partial charge in [0.2, 0.25) is 0 Å². The molecule has 2 aliphatic rings. The summed E-state index contributed by atoms with van der Waals surface area (Å²) >= 11 is 0. The molecule has 0 aromatic heterocycles. The van der Waals surface area contributed by atoms with Crippen molar-refractivity contribution in [3.63, 3.8) is 0 Å². The van der Waals surface area contributed by atoms with Crippen molar-refractivity contribution < 1.29 is 33.3 Å². The molecule has 0 fully saturated rings. The van der Waals surface area contributed by atoms with Gasteiger partial charge >= 0.3 is 11.9 Å². The summed E-state index contributed by atoms with van der Waals surface area (Å²) in [6.45, 7) is -0.0959. The topological polar surface area (TPSA) is 94.6 Å². The van der Waals surface area contributed by atoms with E-state index in [0.717, 1.165) is 0 Å². The lowest BCUT2D eigenvalue weighted by Gasteiger charge is -2.33. The van der Waals surface area contributed by atoms with Crippen molar-refractivity contribution in [2.75, 3.05) is 51.0 Å². The number of hydrogen-bond donors (Lipinski definition) is 0. The minimum Gasteiger partial charge on any atom is -0.481 e. The number of carbonyl (C=O) groups is 3. The van der Waals surface area contributed by atoms with Gasteiger partial charge in [-0.2, -0.15) is 0 Å². The van der Waals surface area contributed by atoms with Gasteiger partial charge in [-0.25, -0.2) is 9.59 Å². The number of amides is 1. The number of carbonyl (C=O) groups excluding carboxylic acids is 3. The maximum Gasteiger partial charge on any atom is 0.355 e. The van der Waals surface area contributed by atoms with Crippen LogP contribution in [0.15, 0.2) is 29.5 Å². The first-order valence-corrected chi connectivity index (χ1v) is 7.76. The molecule has 9 heteroatoms. The Balaban J connectivity index is 2.05. The second-order valence-corrected chi connectivity index (χ2v) is 5.61. The number of anilines is 2. The van der Waals surface area contributed by atoms with Gasteiger partial charge in [0.15, 0.2) is 6.61 Å². The number of rotatable bonds is 3. The van der Waals surface area contributed by atoms with Crippen molar-refractivity contribution in [1.29, 1.82) is 0 Å². The predicted molar refractivity (Wildman–Crippen MR) is 89.7 cm³/mol. The fourth-order valence-corrected chi connectivity index (χ4v) is 2.78. The van der Waals surface area contributed by atoms with Crippen LogP contribution in [-0.2, 0) is 28.6 Å². The van der Waals surface area contributed by atoms with E-state index in [1.807, 2.05) is 0 Å². The molecule has 0 spiro atoms. The number of esters is 2. The maximum absolute atomic E-state index is 12.3. The highest BCUT2D eigenvalue weighted by atomic mass is 16.5. The van der Waals surface area contributed by atoms with E-state index in [4.69, 9.17) is 18.9 Å². The molecule has 0 unspecified atom stereocenters. The van der Waals surface area contributed by atoms with Crippen molar-refractivity contribution in [3.8, 4) is 5.75 Å². The molecule has 0 aliphatic carbocycles. The molecule has 1 aromatic rings. The monoisotopic (exact) mass is 362 g/mol. The van der Waals surface area contributed by atoms with Crippen LogP contribution in [0, 0.1) is 0 Å². The average molecular weight is 362 g/mol. The molecule has 2 aliphatic heterocycles. The smallest absolute Gasteiger partial charge is 0.355 e. The second kappa shape index (κ2) is 7.04. The summed E-state index contributed by atoms with van der Waals surface area (Å²) in [6.07, 6.45) is 0. The Bertz CT molecular complexity index is 802. The molecule has 138 valence electrons. The molecule has 1 aromatic carbocycles. The van der Waals surface area contributed by atoms with Crippen LogP contribution in [0.5, 0.6) is 5.75 Å². The lowest BCUT2D eigenvalue weighted by molar-refractivity contribution is -0.140. The lowest BCUT2D eigenvalue weighted by atomic mass is 10.1. The number of hydrogen-bond acceptors (Lipinski definition) is 8. The Morgan fingerprint density at radius 3 is 2.54 bits per heavy atom. The minimum absolute atomic E-state index is 0.0402. The van der Waals surface area contributed by atoms with Gasteiger partial charge in [-0.05, 0) is 12.1 Å². The van der Waals surface area contributed by atoms with E-state index in [-0.39, 0.29) is 37.1 Å². The van der Waals surface area contributed by atoms with E-state index >= 15 is 0 Å². The van der Waals surface area contributed by atoms with Crippen molar-refractivity contribution >= 4 is 29.2 Å². The number of ether oxygens (including phenoxy) is 4. The quantitative estimate of drug-likeness (QED) is 0.715. The van der Waals surface area contributed by atoms with Crippen LogP contribution in [0.1, 0.15) is 0 Å². The molecule has 3 rings (SSSR count). The fourth-order valence-electron chi connectivity index (χ4n) is 2.78. The molecular formula is C17H18N2O7. The Morgan fingerprint density at radius 2 is 1.85 bits per heavy atom. The zero-order valence-corrected chi connectivity index (χ0v) is 14.6. The molecule has 0 bridgehead atoms. The van der Waals surface area contributed by atoms with E-state index in [0.29, 0.717) is 17.1 Å². The molecule has 9 nitrogen and oxygen atoms in total. The summed E-state index contributed by atoms with van der Waals surface area (Å²) in [5, 5.41) is 0. The van der Waals surface area contributed by atoms with Gasteiger partial charge < -0.3 is 28.7 Å². The third-order valence-electron chi connectivity index (χ3n) is 4.17. The molecule has 0 saturated carbocycles. The van der Waals surface area contributed by atoms with Crippen LogP contribution in [0.25, 0.3) is 0 Å². The SMILES string of the molecule is COC(=O)C1=C(C(=O)OC)N(c2ccc3c(c2)OCC(=O)N3C)COC1. The molecule has 0 N–H and O–H groups in total. The van der Waals surface area contributed by atoms with Crippen LogP contribution in [0.3, 0.4) is 0 Å². The maximum atomic E-state index is 12.3. The Morgan fingerprint density at radius 1 is 1.12 bits per heavy atom. The first-order chi connectivity index (χ1) is 12.5. The standard InChI is InChI=1S/C17H18N2O7/c1-18-12-5-4-10(6-13(12)26-8-14(18)20)19-9-25-7-11(16(21)23-2)15(19)17(22)24-3/h4-6H,7-9H2,1-3H3. The van der Waals surface area contributed by atoms with Crippen molar-refractivity contribution in [3.05, 3.63) is 29.5 Å². The van der Waals surface area contributed by atoms with E-state index in [2.05, 4.69) is 0 Å². The highest BCUT2D eigenvalue weighted by Crippen LogP contribution is 2.37. The molecule has 2 heterocycles. The largest absolute Gasteiger partial charge is 0.481 e. The Kier molecular flexibility index (Phi) is 4.81. The summed E-state index contributed by atoms with van der Waals surface area (Å²) in [5.74, 6) is -1.03. The van der Waals surface area contributed by atoms with E-state index < -0.39 is 11.9 Å². The third-order valence-corrected chi connectivity index (χ3v) is 4.17. The number of benzene rings is 1. The average Bonchev–Trinajstić information content (AvgIpc) is 2.68. The highest BCUT2D eigenvalue weighted by molar-refractivity contribution is 6.03. The number of methoxy groups -OCH3 is 2. The fraction of sp³-hybridized carbons (Fsp3) is 0.353.